The van der Waals surface area contributed by atoms with E-state index in [4.69, 9.17) is 5.11 Å². The van der Waals surface area contributed by atoms with E-state index in [-0.39, 0.29) is 6.10 Å². The second-order valence-electron chi connectivity index (χ2n) is 2.73. The van der Waals surface area contributed by atoms with Gasteiger partial charge in [-0.25, -0.2) is 0 Å². The van der Waals surface area contributed by atoms with Gasteiger partial charge < -0.3 is 0 Å². The monoisotopic (exact) mass is 207 g/mol. The van der Waals surface area contributed by atoms with Crippen LogP contribution in [0.25, 0.3) is 0 Å². The van der Waals surface area contributed by atoms with Crippen molar-refractivity contribution in [3.63, 3.8) is 0 Å². The Kier molecular flexibility index (Phi) is 4.19. The van der Waals surface area contributed by atoms with E-state index in [0.29, 0.717) is 6.42 Å². The molecule has 0 heterocycles. The summed E-state index contributed by atoms with van der Waals surface area (Å²) in [6.07, 6.45) is 0.0959. The molecule has 0 bridgehead atoms. The molecule has 0 aromatic heterocycles. The molecule has 2 N–H and O–H groups in total. The van der Waals surface area contributed by atoms with Crippen molar-refractivity contribution in [3.05, 3.63) is 0 Å². The minimum absolute atomic E-state index is 0.388. The van der Waals surface area contributed by atoms with E-state index in [1.165, 1.54) is 24.7 Å². The fourth-order valence-corrected chi connectivity index (χ4v) is 1.06. The topological polar surface area (TPSA) is 40.5 Å². The van der Waals surface area contributed by atoms with Gasteiger partial charge in [0.2, 0.25) is 0 Å². The first-order valence-corrected chi connectivity index (χ1v) is 4.77. The van der Waals surface area contributed by atoms with Gasteiger partial charge in [-0.3, -0.25) is 0 Å². The number of hydrogen-bond acceptors (Lipinski definition) is 2. The van der Waals surface area contributed by atoms with Crippen LogP contribution < -0.4 is 0 Å². The summed E-state index contributed by atoms with van der Waals surface area (Å²) in [6, 6.07) is 0. The van der Waals surface area contributed by atoms with Crippen molar-refractivity contribution in [2.24, 2.45) is 0 Å². The third kappa shape index (κ3) is 5.26. The Labute approximate surface area is 71.1 Å². The molecular weight excluding hydrogens is 195 g/mol. The van der Waals surface area contributed by atoms with E-state index in [1.54, 1.807) is 13.8 Å². The van der Waals surface area contributed by atoms with Crippen molar-refractivity contribution in [2.75, 3.05) is 0 Å². The first-order chi connectivity index (χ1) is 3.98. The van der Waals surface area contributed by atoms with Crippen molar-refractivity contribution in [1.82, 2.24) is 0 Å². The molecule has 0 aromatic carbocycles. The van der Waals surface area contributed by atoms with Crippen LogP contribution >= 0.6 is 0 Å². The summed E-state index contributed by atoms with van der Waals surface area (Å²) < 4.78 is 0.782. The zero-order valence-electron chi connectivity index (χ0n) is 5.89. The van der Waals surface area contributed by atoms with Crippen LogP contribution in [0.2, 0.25) is 4.13 Å². The van der Waals surface area contributed by atoms with E-state index >= 15 is 0 Å². The minimum atomic E-state index is -0.646. The van der Waals surface area contributed by atoms with E-state index in [2.05, 4.69) is 0 Å². The van der Waals surface area contributed by atoms with E-state index < -0.39 is 5.60 Å². The molecule has 3 heteroatoms. The van der Waals surface area contributed by atoms with Crippen LogP contribution in [0, 0.1) is 0 Å². The number of hydrogen-bond donors (Lipinski definition) is 2. The molecule has 0 rings (SSSR count). The van der Waals surface area contributed by atoms with Crippen LogP contribution in [0.3, 0.4) is 0 Å². The molecule has 0 amide bonds. The zero-order valence-corrected chi connectivity index (χ0v) is 8.34. The van der Waals surface area contributed by atoms with Gasteiger partial charge in [0.15, 0.2) is 0 Å². The molecule has 9 heavy (non-hydrogen) atoms. The van der Waals surface area contributed by atoms with Gasteiger partial charge in [0.1, 0.15) is 0 Å². The Morgan fingerprint density at radius 3 is 2.22 bits per heavy atom. The molecular formula is C6H13O2Zr. The van der Waals surface area contributed by atoms with Gasteiger partial charge in [-0.05, 0) is 0 Å². The Morgan fingerprint density at radius 2 is 2.11 bits per heavy atom. The van der Waals surface area contributed by atoms with Gasteiger partial charge in [-0.2, -0.15) is 0 Å². The Hall–Kier alpha value is 0.803. The molecule has 2 atom stereocenters. The predicted octanol–water partition coefficient (Wildman–Crippen LogP) is 0.473. The summed E-state index contributed by atoms with van der Waals surface area (Å²) in [5.74, 6) is 0. The summed E-state index contributed by atoms with van der Waals surface area (Å²) in [6.45, 7) is 3.45. The van der Waals surface area contributed by atoms with Crippen LogP contribution in [0.4, 0.5) is 0 Å². The van der Waals surface area contributed by atoms with Gasteiger partial charge in [0.05, 0.1) is 0 Å². The third-order valence-corrected chi connectivity index (χ3v) is 2.99. The first-order valence-electron chi connectivity index (χ1n) is 3.03. The average molecular weight is 208 g/mol. The Balaban J connectivity index is 3.58. The summed E-state index contributed by atoms with van der Waals surface area (Å²) in [7, 11) is 0. The molecule has 0 aliphatic rings. The van der Waals surface area contributed by atoms with Crippen LogP contribution in [0.1, 0.15) is 20.3 Å². The molecule has 2 unspecified atom stereocenters. The van der Waals surface area contributed by atoms with Crippen LogP contribution in [-0.4, -0.2) is 21.9 Å². The van der Waals surface area contributed by atoms with Crippen molar-refractivity contribution in [1.29, 1.82) is 0 Å². The maximum atomic E-state index is 9.36. The van der Waals surface area contributed by atoms with Gasteiger partial charge in [-0.15, -0.1) is 0 Å². The standard InChI is InChI=1S/C6H13O2.Zr/c1-5(7)4-6(2,3)8;/h5,7-8H,2,4H2,1,3H3;. The Morgan fingerprint density at radius 1 is 1.67 bits per heavy atom. The summed E-state index contributed by atoms with van der Waals surface area (Å²) in [5, 5.41) is 18.2. The van der Waals surface area contributed by atoms with E-state index in [1.807, 2.05) is 0 Å². The molecule has 0 spiro atoms. The predicted molar refractivity (Wildman–Crippen MR) is 31.7 cm³/mol. The second-order valence-corrected chi connectivity index (χ2v) is 3.60. The van der Waals surface area contributed by atoms with Crippen LogP contribution in [-0.2, 0) is 24.7 Å². The molecule has 2 nitrogen and oxygen atoms in total. The van der Waals surface area contributed by atoms with Gasteiger partial charge in [0.25, 0.3) is 0 Å². The number of aliphatic hydroxyl groups is 2. The summed E-state index contributed by atoms with van der Waals surface area (Å²) in [4.78, 5) is 0. The van der Waals surface area contributed by atoms with Crippen LogP contribution in [0.5, 0.6) is 0 Å². The number of rotatable bonds is 3. The molecule has 0 saturated carbocycles. The number of aliphatic hydroxyl groups excluding tert-OH is 1. The molecule has 0 saturated heterocycles. The quantitative estimate of drug-likeness (QED) is 0.708. The summed E-state index contributed by atoms with van der Waals surface area (Å²) >= 11 is 1.31. The molecule has 0 radical (unpaired) electrons. The second kappa shape index (κ2) is 3.85. The molecule has 0 aliphatic heterocycles. The average Bonchev–Trinajstić information content (AvgIpc) is 1.63. The van der Waals surface area contributed by atoms with Crippen molar-refractivity contribution >= 4 is 0 Å². The maximum absolute atomic E-state index is 9.36. The summed E-state index contributed by atoms with van der Waals surface area (Å²) in [5.41, 5.74) is -0.646. The Bertz CT molecular complexity index is 81.1. The van der Waals surface area contributed by atoms with E-state index in [0.717, 1.165) is 4.13 Å². The van der Waals surface area contributed by atoms with Gasteiger partial charge in [-0.1, -0.05) is 0 Å². The SMILES string of the molecule is CC(O)CC(C)(O)[CH2][Zr]. The molecule has 53 valence electrons. The zero-order chi connectivity index (χ0) is 7.49. The fourth-order valence-electron chi connectivity index (χ4n) is 0.709. The molecule has 0 aliphatic carbocycles. The van der Waals surface area contributed by atoms with Crippen molar-refractivity contribution < 1.29 is 34.9 Å². The van der Waals surface area contributed by atoms with Crippen molar-refractivity contribution in [2.45, 2.75) is 36.1 Å². The van der Waals surface area contributed by atoms with Crippen molar-refractivity contribution in [3.8, 4) is 0 Å². The first kappa shape index (κ1) is 9.80. The third-order valence-electron chi connectivity index (χ3n) is 1.12. The van der Waals surface area contributed by atoms with Crippen LogP contribution in [0.15, 0.2) is 0 Å². The van der Waals surface area contributed by atoms with Gasteiger partial charge in [0, 0.05) is 0 Å². The van der Waals surface area contributed by atoms with Gasteiger partial charge >= 0.3 is 71.0 Å². The normalized spacial score (nSPS) is 20.8. The molecule has 0 aromatic rings. The molecule has 0 fully saturated rings. The fraction of sp³-hybridized carbons (Fsp3) is 1.00. The van der Waals surface area contributed by atoms with E-state index in [9.17, 15) is 5.11 Å².